The molecule has 0 amide bonds. The van der Waals surface area contributed by atoms with Gasteiger partial charge in [0.25, 0.3) is 0 Å². The van der Waals surface area contributed by atoms with Gasteiger partial charge in [0.2, 0.25) is 0 Å². The number of nitrogens with zero attached hydrogens (tertiary/aromatic N) is 1. The molecule has 1 fully saturated rings. The number of benzene rings is 4. The molecule has 0 N–H and O–H groups in total. The van der Waals surface area contributed by atoms with E-state index in [9.17, 15) is 52.7 Å². The molecule has 240 valence electrons. The van der Waals surface area contributed by atoms with Gasteiger partial charge in [-0.3, -0.25) is 0 Å². The second-order valence-corrected chi connectivity index (χ2v) is 11.2. The fourth-order valence-electron chi connectivity index (χ4n) is 5.87. The van der Waals surface area contributed by atoms with Crippen LogP contribution in [0.1, 0.15) is 19.8 Å². The maximum atomic E-state index is 14.4. The maximum Gasteiger partial charge on any atom is 0.194 e. The largest absolute Gasteiger partial charge is 0.326 e. The summed E-state index contributed by atoms with van der Waals surface area (Å²) in [7, 11) is 2.35. The average Bonchev–Trinajstić information content (AvgIpc) is 3.43. The summed E-state index contributed by atoms with van der Waals surface area (Å²) in [5.74, 6) is -24.0. The molecule has 4 aromatic rings. The van der Waals surface area contributed by atoms with Gasteiger partial charge in [-0.1, -0.05) is 48.5 Å². The van der Waals surface area contributed by atoms with Crippen molar-refractivity contribution in [2.75, 3.05) is 26.7 Å². The predicted octanol–water partition coefficient (Wildman–Crippen LogP) is 5.98. The van der Waals surface area contributed by atoms with Crippen molar-refractivity contribution in [2.24, 2.45) is 0 Å². The highest BCUT2D eigenvalue weighted by Gasteiger charge is 2.37. The second kappa shape index (κ2) is 12.8. The number of hydrogen-bond donors (Lipinski definition) is 0. The van der Waals surface area contributed by atoms with E-state index >= 15 is 0 Å². The molecular weight excluding hydrogens is 625 g/mol. The fraction of sp³-hybridized carbons (Fsp3) is 0.226. The molecule has 0 atom stereocenters. The summed E-state index contributed by atoms with van der Waals surface area (Å²) in [5.41, 5.74) is -3.79. The Kier molecular flexibility index (Phi) is 9.67. The molecule has 0 saturated carbocycles. The molecule has 1 heterocycles. The van der Waals surface area contributed by atoms with Gasteiger partial charge in [-0.15, -0.1) is 0 Å². The van der Waals surface area contributed by atoms with Gasteiger partial charge >= 0.3 is 0 Å². The Labute approximate surface area is 250 Å². The van der Waals surface area contributed by atoms with Crippen LogP contribution in [0.15, 0.2) is 48.5 Å². The molecule has 0 radical (unpaired) electrons. The van der Waals surface area contributed by atoms with Crippen LogP contribution in [0.4, 0.5) is 52.7 Å². The van der Waals surface area contributed by atoms with E-state index in [4.69, 9.17) is 0 Å². The summed E-state index contributed by atoms with van der Waals surface area (Å²) in [6, 6.07) is 1.41. The topological polar surface area (TPSA) is 0 Å². The molecule has 1 aliphatic rings. The third kappa shape index (κ3) is 6.29. The van der Waals surface area contributed by atoms with Crippen molar-refractivity contribution in [3.8, 4) is 0 Å². The van der Waals surface area contributed by atoms with Crippen LogP contribution in [0.3, 0.4) is 0 Å². The molecule has 1 aliphatic heterocycles. The predicted molar refractivity (Wildman–Crippen MR) is 145 cm³/mol. The minimum atomic E-state index is -4.01. The maximum absolute atomic E-state index is 14.4. The summed E-state index contributed by atoms with van der Waals surface area (Å²) in [6.07, 6.45) is -1.12. The molecular formula is C31H24BF12N. The lowest BCUT2D eigenvalue weighted by atomic mass is 9.13. The zero-order chi connectivity index (χ0) is 33.4. The van der Waals surface area contributed by atoms with Crippen LogP contribution >= 0.6 is 0 Å². The van der Waals surface area contributed by atoms with Crippen molar-refractivity contribution in [3.63, 3.8) is 0 Å². The van der Waals surface area contributed by atoms with E-state index in [-0.39, 0.29) is 48.5 Å². The average molecular weight is 649 g/mol. The zero-order valence-corrected chi connectivity index (χ0v) is 23.7. The third-order valence-corrected chi connectivity index (χ3v) is 8.43. The first kappa shape index (κ1) is 33.9. The molecule has 45 heavy (non-hydrogen) atoms. The van der Waals surface area contributed by atoms with Crippen LogP contribution in [-0.2, 0) is 0 Å². The fourth-order valence-corrected chi connectivity index (χ4v) is 5.87. The van der Waals surface area contributed by atoms with Crippen molar-refractivity contribution in [1.29, 1.82) is 0 Å². The summed E-state index contributed by atoms with van der Waals surface area (Å²) >= 11 is 0. The van der Waals surface area contributed by atoms with E-state index in [0.29, 0.717) is 0 Å². The summed E-state index contributed by atoms with van der Waals surface area (Å²) in [5, 5.41) is 0. The van der Waals surface area contributed by atoms with Crippen molar-refractivity contribution in [3.05, 3.63) is 118 Å². The molecule has 4 aromatic carbocycles. The molecule has 0 aliphatic carbocycles. The first-order chi connectivity index (χ1) is 21.0. The molecule has 0 aromatic heterocycles. The lowest BCUT2D eigenvalue weighted by Gasteiger charge is -2.44. The Morgan fingerprint density at radius 3 is 0.800 bits per heavy atom. The van der Waals surface area contributed by atoms with Gasteiger partial charge in [0.15, 0.2) is 69.8 Å². The van der Waals surface area contributed by atoms with E-state index in [2.05, 4.69) is 14.0 Å². The Bertz CT molecular complexity index is 1430. The van der Waals surface area contributed by atoms with Crippen molar-refractivity contribution in [1.82, 2.24) is 0 Å². The summed E-state index contributed by atoms with van der Waals surface area (Å²) in [6.45, 7) is 6.43. The smallest absolute Gasteiger partial charge is 0.194 e. The SMILES string of the molecule is CC[N+]1(C)CCCC1.Fc1cc([B-](c2cc(F)c(F)c(F)c2)(c2cc(F)c(F)c(F)c2)c2cc(F)c(F)c(F)c2)cc(F)c1F. The third-order valence-electron chi connectivity index (χ3n) is 8.43. The van der Waals surface area contributed by atoms with E-state index < -0.39 is 97.8 Å². The zero-order valence-electron chi connectivity index (χ0n) is 23.7. The van der Waals surface area contributed by atoms with Crippen LogP contribution in [0, 0.1) is 69.8 Å². The molecule has 1 saturated heterocycles. The van der Waals surface area contributed by atoms with Gasteiger partial charge < -0.3 is 4.48 Å². The number of halogens is 12. The molecule has 0 spiro atoms. The van der Waals surface area contributed by atoms with Crippen molar-refractivity contribution >= 4 is 28.0 Å². The summed E-state index contributed by atoms with van der Waals surface area (Å²) in [4.78, 5) is 0. The summed E-state index contributed by atoms with van der Waals surface area (Å²) < 4.78 is 171. The lowest BCUT2D eigenvalue weighted by Crippen LogP contribution is -2.75. The van der Waals surface area contributed by atoms with Gasteiger partial charge in [0, 0.05) is 12.8 Å². The van der Waals surface area contributed by atoms with Crippen LogP contribution in [0.2, 0.25) is 0 Å². The monoisotopic (exact) mass is 649 g/mol. The first-order valence-electron chi connectivity index (χ1n) is 13.6. The molecule has 14 heteroatoms. The number of quaternary nitrogens is 1. The van der Waals surface area contributed by atoms with Crippen LogP contribution < -0.4 is 21.9 Å². The lowest BCUT2D eigenvalue weighted by molar-refractivity contribution is -0.895. The Balaban J connectivity index is 0.000000501. The van der Waals surface area contributed by atoms with E-state index in [1.807, 2.05) is 0 Å². The number of likely N-dealkylation sites (tertiary alicyclic amines) is 1. The van der Waals surface area contributed by atoms with Crippen molar-refractivity contribution < 1.29 is 57.2 Å². The molecule has 0 bridgehead atoms. The van der Waals surface area contributed by atoms with Crippen LogP contribution in [0.5, 0.6) is 0 Å². The Hall–Kier alpha value is -3.94. The minimum absolute atomic E-state index is 0.177. The highest BCUT2D eigenvalue weighted by atomic mass is 19.2. The van der Waals surface area contributed by atoms with Crippen LogP contribution in [-0.4, -0.2) is 37.3 Å². The molecule has 1 nitrogen and oxygen atoms in total. The highest BCUT2D eigenvalue weighted by molar-refractivity contribution is 7.19. The van der Waals surface area contributed by atoms with Crippen molar-refractivity contribution in [2.45, 2.75) is 19.8 Å². The van der Waals surface area contributed by atoms with Crippen LogP contribution in [0.25, 0.3) is 0 Å². The standard InChI is InChI=1S/C24H8BF12.C7H16N/c26-13-1-9(2-14(27)21(13)34)25(10-3-15(28)22(35)16(29)4-10,11-5-17(30)23(36)18(31)6-11)12-7-19(32)24(37)20(33)8-12;1-3-8(2)6-4-5-7-8/h1-8H;3-7H2,1-2H3/q-1;+1. The number of rotatable bonds is 5. The first-order valence-corrected chi connectivity index (χ1v) is 13.6. The highest BCUT2D eigenvalue weighted by Crippen LogP contribution is 2.21. The second-order valence-electron chi connectivity index (χ2n) is 11.2. The normalized spacial score (nSPS) is 14.4. The Morgan fingerprint density at radius 2 is 0.644 bits per heavy atom. The van der Waals surface area contributed by atoms with Gasteiger partial charge in [-0.05, 0) is 6.92 Å². The van der Waals surface area contributed by atoms with E-state index in [1.165, 1.54) is 37.0 Å². The minimum Gasteiger partial charge on any atom is -0.326 e. The molecule has 5 rings (SSSR count). The molecule has 0 unspecified atom stereocenters. The van der Waals surface area contributed by atoms with E-state index in [1.54, 1.807) is 0 Å². The van der Waals surface area contributed by atoms with Gasteiger partial charge in [-0.25, -0.2) is 52.7 Å². The van der Waals surface area contributed by atoms with Gasteiger partial charge in [-0.2, -0.15) is 21.9 Å². The number of hydrogen-bond acceptors (Lipinski definition) is 0. The van der Waals surface area contributed by atoms with E-state index in [0.717, 1.165) is 0 Å². The van der Waals surface area contributed by atoms with Gasteiger partial charge in [0.05, 0.1) is 26.7 Å². The quantitative estimate of drug-likeness (QED) is 0.108. The van der Waals surface area contributed by atoms with Gasteiger partial charge in [0.1, 0.15) is 6.15 Å². The Morgan fingerprint density at radius 1 is 0.444 bits per heavy atom.